The van der Waals surface area contributed by atoms with Crippen LogP contribution >= 0.6 is 0 Å². The fraction of sp³-hybridized carbons (Fsp3) is 0. The maximum absolute atomic E-state index is 6.40. The molecule has 0 amide bonds. The molecule has 2 heteroatoms. The summed E-state index contributed by atoms with van der Waals surface area (Å²) in [4.78, 5) is 0. The molecule has 2 nitrogen and oxygen atoms in total. The van der Waals surface area contributed by atoms with Crippen molar-refractivity contribution in [1.82, 2.24) is 0 Å². The molecular weight excluding hydrogens is 657 g/mol. The van der Waals surface area contributed by atoms with Crippen LogP contribution in [0.4, 0.5) is 0 Å². The molecule has 0 atom stereocenters. The van der Waals surface area contributed by atoms with Crippen LogP contribution in [0.15, 0.2) is 191 Å². The van der Waals surface area contributed by atoms with Gasteiger partial charge in [0.1, 0.15) is 11.2 Å². The zero-order valence-corrected chi connectivity index (χ0v) is 29.1. The molecule has 0 spiro atoms. The lowest BCUT2D eigenvalue weighted by molar-refractivity contribution is 0.633. The highest BCUT2D eigenvalue weighted by Gasteiger charge is 2.17. The van der Waals surface area contributed by atoms with E-state index in [-0.39, 0.29) is 0 Å². The molecule has 12 aromatic rings. The third-order valence-electron chi connectivity index (χ3n) is 11.5. The van der Waals surface area contributed by atoms with Crippen LogP contribution < -0.4 is 0 Å². The van der Waals surface area contributed by atoms with Crippen molar-refractivity contribution >= 4 is 87.0 Å². The largest absolute Gasteiger partial charge is 0.452 e. The lowest BCUT2D eigenvalue weighted by Gasteiger charge is -2.12. The normalized spacial score (nSPS) is 12.1. The maximum atomic E-state index is 6.40. The summed E-state index contributed by atoms with van der Waals surface area (Å²) in [6.45, 7) is 0. The zero-order chi connectivity index (χ0) is 35.3. The maximum Gasteiger partial charge on any atom is 0.178 e. The Morgan fingerprint density at radius 1 is 0.222 bits per heavy atom. The molecule has 0 aliphatic heterocycles. The van der Waals surface area contributed by atoms with E-state index in [9.17, 15) is 0 Å². The van der Waals surface area contributed by atoms with Crippen molar-refractivity contribution < 1.29 is 8.83 Å². The van der Waals surface area contributed by atoms with Crippen molar-refractivity contribution in [3.8, 4) is 33.4 Å². The molecule has 0 bridgehead atoms. The van der Waals surface area contributed by atoms with Crippen LogP contribution in [0.1, 0.15) is 0 Å². The molecule has 0 saturated carbocycles. The topological polar surface area (TPSA) is 26.3 Å². The average Bonchev–Trinajstić information content (AvgIpc) is 3.82. The summed E-state index contributed by atoms with van der Waals surface area (Å²) in [5.41, 5.74) is 10.5. The first-order chi connectivity index (χ1) is 26.7. The van der Waals surface area contributed by atoms with Crippen molar-refractivity contribution in [3.63, 3.8) is 0 Å². The molecule has 2 heterocycles. The van der Waals surface area contributed by atoms with E-state index in [1.165, 1.54) is 70.9 Å². The Labute approximate surface area is 310 Å². The highest BCUT2D eigenvalue weighted by molar-refractivity contribution is 6.26. The summed E-state index contributed by atoms with van der Waals surface area (Å²) in [5, 5.41) is 14.6. The molecule has 0 N–H and O–H groups in total. The van der Waals surface area contributed by atoms with Gasteiger partial charge in [0.2, 0.25) is 0 Å². The van der Waals surface area contributed by atoms with E-state index < -0.39 is 0 Å². The van der Waals surface area contributed by atoms with Crippen molar-refractivity contribution in [2.45, 2.75) is 0 Å². The molecule has 0 saturated heterocycles. The Kier molecular flexibility index (Phi) is 6.09. The Morgan fingerprint density at radius 3 is 1.22 bits per heavy atom. The van der Waals surface area contributed by atoms with Crippen LogP contribution in [-0.2, 0) is 0 Å². The summed E-state index contributed by atoms with van der Waals surface area (Å²) >= 11 is 0. The van der Waals surface area contributed by atoms with E-state index in [4.69, 9.17) is 8.83 Å². The second kappa shape index (κ2) is 11.2. The van der Waals surface area contributed by atoms with Gasteiger partial charge in [-0.1, -0.05) is 133 Å². The third-order valence-corrected chi connectivity index (χ3v) is 11.5. The standard InChI is InChI=1S/C52H30O2/c1-2-9-41-39(7-1)40-8-3-4-10-42(40)47-29-37(21-23-43(41)47)32-15-13-31(14-16-32)33-17-18-35-28-36(20-19-34(35)27-33)38-22-26-50-48(30-38)46-25-24-45-44-11-5-6-12-49(44)53-51(45)52(46)54-50/h1-30H. The fourth-order valence-electron chi connectivity index (χ4n) is 8.74. The monoisotopic (exact) mass is 686 g/mol. The van der Waals surface area contributed by atoms with Crippen molar-refractivity contribution in [1.29, 1.82) is 0 Å². The number of benzene rings is 10. The minimum absolute atomic E-state index is 0.800. The number of hydrogen-bond donors (Lipinski definition) is 0. The number of rotatable bonds is 3. The second-order valence-electron chi connectivity index (χ2n) is 14.4. The molecule has 0 unspecified atom stereocenters. The van der Waals surface area contributed by atoms with Gasteiger partial charge in [0.05, 0.1) is 0 Å². The number of hydrogen-bond acceptors (Lipinski definition) is 2. The predicted octanol–water partition coefficient (Wildman–Crippen LogP) is 15.1. The first kappa shape index (κ1) is 29.4. The van der Waals surface area contributed by atoms with E-state index in [0.717, 1.165) is 49.4 Å². The van der Waals surface area contributed by atoms with Crippen LogP contribution in [0.2, 0.25) is 0 Å². The molecule has 0 aliphatic carbocycles. The predicted molar refractivity (Wildman–Crippen MR) is 227 cm³/mol. The summed E-state index contributed by atoms with van der Waals surface area (Å²) < 4.78 is 12.7. The van der Waals surface area contributed by atoms with E-state index in [0.29, 0.717) is 0 Å². The number of fused-ring (bicyclic) bond motifs is 14. The average molecular weight is 687 g/mol. The first-order valence-electron chi connectivity index (χ1n) is 18.5. The smallest absolute Gasteiger partial charge is 0.178 e. The van der Waals surface area contributed by atoms with Crippen LogP contribution in [0.25, 0.3) is 120 Å². The van der Waals surface area contributed by atoms with Crippen molar-refractivity contribution in [3.05, 3.63) is 182 Å². The molecular formula is C52H30O2. The van der Waals surface area contributed by atoms with Gasteiger partial charge in [-0.3, -0.25) is 0 Å². The Bertz CT molecular complexity index is 3450. The quantitative estimate of drug-likeness (QED) is 0.173. The van der Waals surface area contributed by atoms with Gasteiger partial charge in [0.25, 0.3) is 0 Å². The van der Waals surface area contributed by atoms with Crippen molar-refractivity contribution in [2.24, 2.45) is 0 Å². The summed E-state index contributed by atoms with van der Waals surface area (Å²) in [6.07, 6.45) is 0. The van der Waals surface area contributed by atoms with E-state index in [1.54, 1.807) is 0 Å². The zero-order valence-electron chi connectivity index (χ0n) is 29.1. The van der Waals surface area contributed by atoms with E-state index in [2.05, 4.69) is 164 Å². The van der Waals surface area contributed by atoms with Gasteiger partial charge in [-0.15, -0.1) is 0 Å². The van der Waals surface area contributed by atoms with Crippen LogP contribution in [0.5, 0.6) is 0 Å². The van der Waals surface area contributed by atoms with Crippen molar-refractivity contribution in [2.75, 3.05) is 0 Å². The molecule has 250 valence electrons. The first-order valence-corrected chi connectivity index (χ1v) is 18.5. The third kappa shape index (κ3) is 4.34. The molecule has 10 aromatic carbocycles. The Morgan fingerprint density at radius 2 is 0.593 bits per heavy atom. The van der Waals surface area contributed by atoms with Gasteiger partial charge >= 0.3 is 0 Å². The second-order valence-corrected chi connectivity index (χ2v) is 14.4. The van der Waals surface area contributed by atoms with Gasteiger partial charge in [0.15, 0.2) is 11.2 Å². The van der Waals surface area contributed by atoms with Gasteiger partial charge in [-0.25, -0.2) is 0 Å². The molecule has 12 rings (SSSR count). The van der Waals surface area contributed by atoms with Gasteiger partial charge in [-0.2, -0.15) is 0 Å². The Balaban J connectivity index is 0.871. The summed E-state index contributed by atoms with van der Waals surface area (Å²) in [5.74, 6) is 0. The SMILES string of the molecule is c1ccc2c(c1)oc1c2ccc2c3cc(-c4ccc5cc(-c6ccc(-c7ccc8c9ccccc9c9ccccc9c8c7)cc6)ccc5c4)ccc3oc21. The molecule has 54 heavy (non-hydrogen) atoms. The van der Waals surface area contributed by atoms with E-state index in [1.807, 2.05) is 18.2 Å². The van der Waals surface area contributed by atoms with Gasteiger partial charge in [-0.05, 0) is 125 Å². The lowest BCUT2D eigenvalue weighted by Crippen LogP contribution is -1.85. The molecule has 0 aliphatic rings. The van der Waals surface area contributed by atoms with Gasteiger partial charge < -0.3 is 8.83 Å². The van der Waals surface area contributed by atoms with E-state index >= 15 is 0 Å². The van der Waals surface area contributed by atoms with Gasteiger partial charge in [0, 0.05) is 21.5 Å². The Hall–Kier alpha value is -7.16. The highest BCUT2D eigenvalue weighted by Crippen LogP contribution is 2.41. The lowest BCUT2D eigenvalue weighted by atomic mass is 9.91. The molecule has 2 aromatic heterocycles. The minimum atomic E-state index is 0.800. The minimum Gasteiger partial charge on any atom is -0.452 e. The summed E-state index contributed by atoms with van der Waals surface area (Å²) in [6, 6.07) is 65.9. The number of furan rings is 2. The molecule has 0 radical (unpaired) electrons. The summed E-state index contributed by atoms with van der Waals surface area (Å²) in [7, 11) is 0. The molecule has 0 fully saturated rings. The van der Waals surface area contributed by atoms with Crippen LogP contribution in [0.3, 0.4) is 0 Å². The fourth-order valence-corrected chi connectivity index (χ4v) is 8.74. The van der Waals surface area contributed by atoms with Crippen LogP contribution in [-0.4, -0.2) is 0 Å². The highest BCUT2D eigenvalue weighted by atomic mass is 16.4. The number of para-hydroxylation sites is 1. The van der Waals surface area contributed by atoms with Crippen LogP contribution in [0, 0.1) is 0 Å².